The van der Waals surface area contributed by atoms with Crippen LogP contribution in [-0.4, -0.2) is 21.9 Å². The molecule has 1 aromatic heterocycles. The zero-order valence-corrected chi connectivity index (χ0v) is 13.8. The molecule has 4 nitrogen and oxygen atoms in total. The van der Waals surface area contributed by atoms with Crippen molar-refractivity contribution >= 4 is 45.0 Å². The molecule has 1 atom stereocenters. The smallest absolute Gasteiger partial charge is 0.308 e. The molecule has 1 unspecified atom stereocenters. The van der Waals surface area contributed by atoms with E-state index in [2.05, 4.69) is 20.9 Å². The van der Waals surface area contributed by atoms with Crippen molar-refractivity contribution in [2.45, 2.75) is 43.9 Å². The summed E-state index contributed by atoms with van der Waals surface area (Å²) in [5.74, 6) is 0.438. The standard InChI is InChI=1S/C11H17BrN2O2S2/c1-11(2,3)16-9(15)4-8(13)17-5-7-6-18-10(12)14-7/h6,8H,4-5,13H2,1-3H3. The average Bonchev–Trinajstić information content (AvgIpc) is 2.58. The van der Waals surface area contributed by atoms with Gasteiger partial charge >= 0.3 is 5.97 Å². The molecule has 0 aliphatic rings. The highest BCUT2D eigenvalue weighted by atomic mass is 79.9. The van der Waals surface area contributed by atoms with Crippen molar-refractivity contribution in [2.24, 2.45) is 5.73 Å². The Morgan fingerprint density at radius 1 is 1.67 bits per heavy atom. The number of carbonyl (C=O) groups is 1. The number of thiazole rings is 1. The molecular weight excluding hydrogens is 336 g/mol. The Morgan fingerprint density at radius 3 is 2.83 bits per heavy atom. The SMILES string of the molecule is CC(C)(C)OC(=O)CC(N)SCc1csc(Br)n1. The van der Waals surface area contributed by atoms with Crippen LogP contribution >= 0.6 is 39.0 Å². The number of ether oxygens (including phenoxy) is 1. The molecule has 1 aromatic rings. The molecule has 7 heteroatoms. The summed E-state index contributed by atoms with van der Waals surface area (Å²) in [5, 5.41) is 1.71. The van der Waals surface area contributed by atoms with Gasteiger partial charge in [0.1, 0.15) is 5.60 Å². The lowest BCUT2D eigenvalue weighted by Crippen LogP contribution is -2.28. The lowest BCUT2D eigenvalue weighted by atomic mass is 10.2. The molecule has 2 N–H and O–H groups in total. The van der Waals surface area contributed by atoms with Crippen molar-refractivity contribution in [1.29, 1.82) is 0 Å². The average molecular weight is 353 g/mol. The fourth-order valence-corrected chi connectivity index (χ4v) is 3.09. The summed E-state index contributed by atoms with van der Waals surface area (Å²) < 4.78 is 6.07. The van der Waals surface area contributed by atoms with Gasteiger partial charge in [0.25, 0.3) is 0 Å². The van der Waals surface area contributed by atoms with E-state index in [9.17, 15) is 4.79 Å². The Morgan fingerprint density at radius 2 is 2.33 bits per heavy atom. The summed E-state index contributed by atoms with van der Waals surface area (Å²) in [7, 11) is 0. The molecule has 1 heterocycles. The molecule has 0 aliphatic carbocycles. The van der Waals surface area contributed by atoms with Gasteiger partial charge < -0.3 is 10.5 Å². The van der Waals surface area contributed by atoms with Gasteiger partial charge in [0, 0.05) is 11.1 Å². The highest BCUT2D eigenvalue weighted by Gasteiger charge is 2.19. The maximum absolute atomic E-state index is 11.5. The molecular formula is C11H17BrN2O2S2. The molecule has 0 spiro atoms. The van der Waals surface area contributed by atoms with Crippen molar-refractivity contribution in [2.75, 3.05) is 0 Å². The van der Waals surface area contributed by atoms with Gasteiger partial charge in [0.15, 0.2) is 3.92 Å². The maximum atomic E-state index is 11.5. The van der Waals surface area contributed by atoms with Crippen LogP contribution in [0, 0.1) is 0 Å². The second-order valence-corrected chi connectivity index (χ2v) is 8.09. The Bertz CT molecular complexity index is 404. The van der Waals surface area contributed by atoms with Crippen LogP contribution in [0.15, 0.2) is 9.30 Å². The van der Waals surface area contributed by atoms with Gasteiger partial charge in [-0.05, 0) is 36.7 Å². The summed E-state index contributed by atoms with van der Waals surface area (Å²) in [6.45, 7) is 5.53. The largest absolute Gasteiger partial charge is 0.460 e. The van der Waals surface area contributed by atoms with E-state index >= 15 is 0 Å². The van der Waals surface area contributed by atoms with Crippen molar-refractivity contribution in [1.82, 2.24) is 4.98 Å². The van der Waals surface area contributed by atoms with Crippen molar-refractivity contribution in [3.05, 3.63) is 15.0 Å². The third-order valence-electron chi connectivity index (χ3n) is 1.76. The molecule has 0 saturated heterocycles. The Labute approximate surface area is 124 Å². The number of nitrogens with zero attached hydrogens (tertiary/aromatic N) is 1. The highest BCUT2D eigenvalue weighted by molar-refractivity contribution is 9.11. The minimum absolute atomic E-state index is 0.216. The Hall–Kier alpha value is -0.110. The molecule has 0 saturated carbocycles. The van der Waals surface area contributed by atoms with Crippen LogP contribution < -0.4 is 5.73 Å². The molecule has 1 rings (SSSR count). The number of aromatic nitrogens is 1. The predicted molar refractivity (Wildman–Crippen MR) is 79.5 cm³/mol. The first-order valence-electron chi connectivity index (χ1n) is 5.45. The number of rotatable bonds is 5. The van der Waals surface area contributed by atoms with Gasteiger partial charge in [-0.2, -0.15) is 0 Å². The van der Waals surface area contributed by atoms with Crippen LogP contribution in [0.2, 0.25) is 0 Å². The molecule has 0 bridgehead atoms. The van der Waals surface area contributed by atoms with Crippen LogP contribution in [-0.2, 0) is 15.3 Å². The quantitative estimate of drug-likeness (QED) is 0.651. The van der Waals surface area contributed by atoms with Crippen LogP contribution in [0.4, 0.5) is 0 Å². The van der Waals surface area contributed by atoms with Crippen LogP contribution in [0.5, 0.6) is 0 Å². The summed E-state index contributed by atoms with van der Waals surface area (Å²) in [6, 6.07) is 0. The molecule has 0 amide bonds. The minimum atomic E-state index is -0.457. The third-order valence-corrected chi connectivity index (χ3v) is 4.23. The second-order valence-electron chi connectivity index (χ2n) is 4.73. The number of thioether (sulfide) groups is 1. The van der Waals surface area contributed by atoms with Crippen LogP contribution in [0.25, 0.3) is 0 Å². The summed E-state index contributed by atoms with van der Waals surface area (Å²) in [6.07, 6.45) is 0.216. The van der Waals surface area contributed by atoms with E-state index in [1.165, 1.54) is 23.1 Å². The zero-order chi connectivity index (χ0) is 13.8. The molecule has 18 heavy (non-hydrogen) atoms. The molecule has 0 fully saturated rings. The van der Waals surface area contributed by atoms with E-state index in [4.69, 9.17) is 10.5 Å². The molecule has 0 aromatic carbocycles. The summed E-state index contributed by atoms with van der Waals surface area (Å²) in [5.41, 5.74) is 6.39. The Balaban J connectivity index is 2.29. The number of esters is 1. The lowest BCUT2D eigenvalue weighted by Gasteiger charge is -2.20. The maximum Gasteiger partial charge on any atom is 0.308 e. The van der Waals surface area contributed by atoms with Gasteiger partial charge in [0.2, 0.25) is 0 Å². The van der Waals surface area contributed by atoms with E-state index in [0.717, 1.165) is 9.61 Å². The molecule has 0 radical (unpaired) electrons. The number of hydrogen-bond donors (Lipinski definition) is 1. The fourth-order valence-electron chi connectivity index (χ4n) is 1.15. The van der Waals surface area contributed by atoms with E-state index in [0.29, 0.717) is 5.75 Å². The van der Waals surface area contributed by atoms with Gasteiger partial charge in [-0.3, -0.25) is 4.79 Å². The number of nitrogens with two attached hydrogens (primary N) is 1. The van der Waals surface area contributed by atoms with E-state index in [1.54, 1.807) is 0 Å². The monoisotopic (exact) mass is 352 g/mol. The summed E-state index contributed by atoms with van der Waals surface area (Å²) in [4.78, 5) is 15.8. The number of halogens is 1. The van der Waals surface area contributed by atoms with Gasteiger partial charge in [-0.1, -0.05) is 0 Å². The molecule has 0 aliphatic heterocycles. The van der Waals surface area contributed by atoms with Crippen LogP contribution in [0.1, 0.15) is 32.9 Å². The van der Waals surface area contributed by atoms with E-state index in [-0.39, 0.29) is 17.8 Å². The van der Waals surface area contributed by atoms with E-state index < -0.39 is 5.60 Å². The predicted octanol–water partition coefficient (Wildman–Crippen LogP) is 3.16. The van der Waals surface area contributed by atoms with Gasteiger partial charge in [-0.15, -0.1) is 23.1 Å². The van der Waals surface area contributed by atoms with Crippen LogP contribution in [0.3, 0.4) is 0 Å². The first-order valence-corrected chi connectivity index (χ1v) is 8.17. The second kappa shape index (κ2) is 6.88. The number of hydrogen-bond acceptors (Lipinski definition) is 6. The fraction of sp³-hybridized carbons (Fsp3) is 0.636. The lowest BCUT2D eigenvalue weighted by molar-refractivity contribution is -0.154. The summed E-state index contributed by atoms with van der Waals surface area (Å²) >= 11 is 6.34. The van der Waals surface area contributed by atoms with Crippen molar-refractivity contribution in [3.8, 4) is 0 Å². The topological polar surface area (TPSA) is 65.2 Å². The van der Waals surface area contributed by atoms with Crippen molar-refractivity contribution in [3.63, 3.8) is 0 Å². The molecule has 102 valence electrons. The van der Waals surface area contributed by atoms with Crippen molar-refractivity contribution < 1.29 is 9.53 Å². The normalized spacial score (nSPS) is 13.4. The van der Waals surface area contributed by atoms with Gasteiger partial charge in [0.05, 0.1) is 17.5 Å². The first-order chi connectivity index (χ1) is 8.26. The zero-order valence-electron chi connectivity index (χ0n) is 10.6. The highest BCUT2D eigenvalue weighted by Crippen LogP contribution is 2.22. The number of carbonyl (C=O) groups excluding carboxylic acids is 1. The minimum Gasteiger partial charge on any atom is -0.460 e. The Kier molecular flexibility index (Phi) is 6.10. The first kappa shape index (κ1) is 15.9. The van der Waals surface area contributed by atoms with E-state index in [1.807, 2.05) is 26.2 Å². The third kappa shape index (κ3) is 6.72. The van der Waals surface area contributed by atoms with Gasteiger partial charge in [-0.25, -0.2) is 4.98 Å².